The smallest absolute Gasteiger partial charge is 0.227 e. The van der Waals surface area contributed by atoms with Crippen LogP contribution in [0.4, 0.5) is 0 Å². The molecule has 130 valence electrons. The van der Waals surface area contributed by atoms with Gasteiger partial charge in [-0.1, -0.05) is 17.7 Å². The molecule has 0 aromatic heterocycles. The predicted octanol–water partition coefficient (Wildman–Crippen LogP) is 2.45. The topological polar surface area (TPSA) is 64.4 Å². The van der Waals surface area contributed by atoms with E-state index in [1.54, 1.807) is 0 Å². The van der Waals surface area contributed by atoms with Gasteiger partial charge >= 0.3 is 0 Å². The van der Waals surface area contributed by atoms with Gasteiger partial charge < -0.3 is 15.8 Å². The van der Waals surface area contributed by atoms with Crippen LogP contribution < -0.4 is 11.1 Å². The summed E-state index contributed by atoms with van der Waals surface area (Å²) in [6.07, 6.45) is 2.30. The van der Waals surface area contributed by atoms with E-state index in [1.807, 2.05) is 0 Å². The number of halogens is 1. The number of aryl methyl sites for hydroxylation is 3. The maximum Gasteiger partial charge on any atom is 0.227 e. The Morgan fingerprint density at radius 1 is 1.22 bits per heavy atom. The summed E-state index contributed by atoms with van der Waals surface area (Å²) in [5.41, 5.74) is 10.6. The number of ether oxygens (including phenoxy) is 1. The molecule has 0 radical (unpaired) electrons. The molecule has 1 aliphatic rings. The van der Waals surface area contributed by atoms with E-state index in [0.717, 1.165) is 19.3 Å². The van der Waals surface area contributed by atoms with E-state index in [0.29, 0.717) is 26.3 Å². The highest BCUT2D eigenvalue weighted by atomic mass is 35.5. The van der Waals surface area contributed by atoms with Crippen LogP contribution in [0.2, 0.25) is 0 Å². The Morgan fingerprint density at radius 3 is 2.30 bits per heavy atom. The summed E-state index contributed by atoms with van der Waals surface area (Å²) >= 11 is 0. The number of rotatable bonds is 5. The van der Waals surface area contributed by atoms with Crippen LogP contribution in [-0.4, -0.2) is 32.2 Å². The van der Waals surface area contributed by atoms with E-state index in [2.05, 4.69) is 38.2 Å². The van der Waals surface area contributed by atoms with Gasteiger partial charge in [-0.05, 0) is 56.7 Å². The Bertz CT molecular complexity index is 517. The van der Waals surface area contributed by atoms with Crippen molar-refractivity contribution in [3.63, 3.8) is 0 Å². The molecule has 1 aromatic rings. The van der Waals surface area contributed by atoms with Crippen molar-refractivity contribution in [1.82, 2.24) is 5.32 Å². The lowest BCUT2D eigenvalue weighted by Gasteiger charge is -2.34. The minimum Gasteiger partial charge on any atom is -0.381 e. The van der Waals surface area contributed by atoms with E-state index in [4.69, 9.17) is 10.5 Å². The first kappa shape index (κ1) is 19.9. The molecule has 1 amide bonds. The number of benzene rings is 1. The second-order valence-corrected chi connectivity index (χ2v) is 6.48. The number of nitrogens with one attached hydrogen (secondary N) is 1. The predicted molar refractivity (Wildman–Crippen MR) is 96.2 cm³/mol. The molecule has 4 nitrogen and oxygen atoms in total. The van der Waals surface area contributed by atoms with Crippen LogP contribution in [0.25, 0.3) is 0 Å². The van der Waals surface area contributed by atoms with Gasteiger partial charge in [0.15, 0.2) is 0 Å². The molecule has 3 N–H and O–H groups in total. The molecule has 1 heterocycles. The van der Waals surface area contributed by atoms with Crippen molar-refractivity contribution in [3.05, 3.63) is 34.4 Å². The maximum atomic E-state index is 12.5. The molecule has 1 aliphatic heterocycles. The van der Waals surface area contributed by atoms with Gasteiger partial charge in [-0.2, -0.15) is 0 Å². The molecule has 1 fully saturated rings. The second kappa shape index (κ2) is 8.67. The first-order valence-electron chi connectivity index (χ1n) is 8.11. The molecule has 1 aromatic carbocycles. The third-order valence-electron chi connectivity index (χ3n) is 4.82. The number of hydrogen-bond acceptors (Lipinski definition) is 3. The maximum absolute atomic E-state index is 12.5. The van der Waals surface area contributed by atoms with Crippen LogP contribution in [0.5, 0.6) is 0 Å². The number of carbonyl (C=O) groups is 1. The zero-order valence-corrected chi connectivity index (χ0v) is 15.2. The van der Waals surface area contributed by atoms with Gasteiger partial charge in [0.1, 0.15) is 0 Å². The number of carbonyl (C=O) groups excluding carboxylic acids is 1. The summed E-state index contributed by atoms with van der Waals surface area (Å²) in [6.45, 7) is 8.69. The average molecular weight is 341 g/mol. The van der Waals surface area contributed by atoms with Crippen LogP contribution in [0, 0.1) is 26.2 Å². The van der Waals surface area contributed by atoms with Crippen molar-refractivity contribution in [2.75, 3.05) is 26.3 Å². The van der Waals surface area contributed by atoms with E-state index in [1.165, 1.54) is 22.3 Å². The van der Waals surface area contributed by atoms with Gasteiger partial charge in [0, 0.05) is 26.3 Å². The zero-order chi connectivity index (χ0) is 16.2. The Hall–Kier alpha value is -1.10. The van der Waals surface area contributed by atoms with E-state index < -0.39 is 5.41 Å². The van der Waals surface area contributed by atoms with Crippen LogP contribution >= 0.6 is 12.4 Å². The average Bonchev–Trinajstić information content (AvgIpc) is 2.50. The lowest BCUT2D eigenvalue weighted by molar-refractivity contribution is -0.135. The Kier molecular flexibility index (Phi) is 7.52. The normalized spacial score (nSPS) is 16.5. The van der Waals surface area contributed by atoms with Crippen molar-refractivity contribution < 1.29 is 9.53 Å². The quantitative estimate of drug-likeness (QED) is 0.865. The highest BCUT2D eigenvalue weighted by Gasteiger charge is 2.38. The molecular formula is C18H29ClN2O2. The molecule has 0 spiro atoms. The highest BCUT2D eigenvalue weighted by molar-refractivity contribution is 5.85. The first-order chi connectivity index (χ1) is 10.5. The molecule has 23 heavy (non-hydrogen) atoms. The van der Waals surface area contributed by atoms with Crippen molar-refractivity contribution in [1.29, 1.82) is 0 Å². The fourth-order valence-electron chi connectivity index (χ4n) is 3.38. The van der Waals surface area contributed by atoms with E-state index in [-0.39, 0.29) is 18.3 Å². The Labute approximate surface area is 145 Å². The standard InChI is InChI=1S/C18H28N2O2.ClH/c1-13-10-14(2)16(15(3)11-13)4-7-20-17(21)18(12-19)5-8-22-9-6-18;/h10-11H,4-9,12,19H2,1-3H3,(H,20,21);1H. The summed E-state index contributed by atoms with van der Waals surface area (Å²) in [5, 5.41) is 3.09. The second-order valence-electron chi connectivity index (χ2n) is 6.48. The van der Waals surface area contributed by atoms with Crippen LogP contribution in [-0.2, 0) is 16.0 Å². The Morgan fingerprint density at radius 2 is 1.78 bits per heavy atom. The van der Waals surface area contributed by atoms with Gasteiger partial charge in [0.2, 0.25) is 5.91 Å². The molecule has 0 saturated carbocycles. The minimum atomic E-state index is -0.435. The third-order valence-corrected chi connectivity index (χ3v) is 4.82. The van der Waals surface area contributed by atoms with Gasteiger partial charge in [-0.25, -0.2) is 0 Å². The number of hydrogen-bond donors (Lipinski definition) is 2. The van der Waals surface area contributed by atoms with Crippen LogP contribution in [0.15, 0.2) is 12.1 Å². The fraction of sp³-hybridized carbons (Fsp3) is 0.611. The summed E-state index contributed by atoms with van der Waals surface area (Å²) < 4.78 is 5.36. The number of nitrogens with two attached hydrogens (primary N) is 1. The highest BCUT2D eigenvalue weighted by Crippen LogP contribution is 2.29. The third kappa shape index (κ3) is 4.69. The van der Waals surface area contributed by atoms with Crippen molar-refractivity contribution in [2.45, 2.75) is 40.0 Å². The van der Waals surface area contributed by atoms with Crippen LogP contribution in [0.3, 0.4) is 0 Å². The zero-order valence-electron chi connectivity index (χ0n) is 14.4. The van der Waals surface area contributed by atoms with Crippen molar-refractivity contribution in [3.8, 4) is 0 Å². The summed E-state index contributed by atoms with van der Waals surface area (Å²) in [6, 6.07) is 4.40. The molecule has 0 bridgehead atoms. The van der Waals surface area contributed by atoms with Gasteiger partial charge in [-0.15, -0.1) is 12.4 Å². The molecule has 0 aliphatic carbocycles. The summed E-state index contributed by atoms with van der Waals surface area (Å²) in [5.74, 6) is 0.0840. The van der Waals surface area contributed by atoms with Gasteiger partial charge in [-0.3, -0.25) is 4.79 Å². The first-order valence-corrected chi connectivity index (χ1v) is 8.11. The van der Waals surface area contributed by atoms with Crippen LogP contribution in [0.1, 0.15) is 35.1 Å². The SMILES string of the molecule is Cc1cc(C)c(CCNC(=O)C2(CN)CCOCC2)c(C)c1.Cl. The molecular weight excluding hydrogens is 312 g/mol. The molecule has 5 heteroatoms. The van der Waals surface area contributed by atoms with Gasteiger partial charge in [0.05, 0.1) is 5.41 Å². The van der Waals surface area contributed by atoms with E-state index >= 15 is 0 Å². The molecule has 1 saturated heterocycles. The van der Waals surface area contributed by atoms with Crippen molar-refractivity contribution in [2.24, 2.45) is 11.1 Å². The minimum absolute atomic E-state index is 0. The van der Waals surface area contributed by atoms with E-state index in [9.17, 15) is 4.79 Å². The lowest BCUT2D eigenvalue weighted by atomic mass is 9.79. The monoisotopic (exact) mass is 340 g/mol. The summed E-state index contributed by atoms with van der Waals surface area (Å²) in [4.78, 5) is 12.5. The molecule has 2 rings (SSSR count). The molecule has 0 atom stereocenters. The fourth-order valence-corrected chi connectivity index (χ4v) is 3.38. The Balaban J connectivity index is 0.00000264. The largest absolute Gasteiger partial charge is 0.381 e. The van der Waals surface area contributed by atoms with Gasteiger partial charge in [0.25, 0.3) is 0 Å². The summed E-state index contributed by atoms with van der Waals surface area (Å²) in [7, 11) is 0. The lowest BCUT2D eigenvalue weighted by Crippen LogP contribution is -2.49. The molecule has 0 unspecified atom stereocenters. The van der Waals surface area contributed by atoms with Crippen molar-refractivity contribution >= 4 is 18.3 Å². The number of amides is 1.